The molecular weight excluding hydrogens is 364 g/mol. The highest BCUT2D eigenvalue weighted by atomic mass is 16.5. The molecule has 0 bridgehead atoms. The zero-order valence-electron chi connectivity index (χ0n) is 16.7. The minimum absolute atomic E-state index is 0.625. The van der Waals surface area contributed by atoms with E-state index in [0.29, 0.717) is 17.6 Å². The normalized spacial score (nSPS) is 18.3. The van der Waals surface area contributed by atoms with Crippen molar-refractivity contribution in [2.45, 2.75) is 32.1 Å². The van der Waals surface area contributed by atoms with Crippen LogP contribution in [-0.2, 0) is 0 Å². The molecule has 1 aliphatic carbocycles. The number of rotatable bonds is 5. The van der Waals surface area contributed by atoms with E-state index < -0.39 is 0 Å². The van der Waals surface area contributed by atoms with Crippen LogP contribution in [0.2, 0.25) is 0 Å². The second-order valence-electron chi connectivity index (χ2n) is 8.09. The molecule has 2 N–H and O–H groups in total. The van der Waals surface area contributed by atoms with E-state index in [1.165, 1.54) is 37.8 Å². The second kappa shape index (κ2) is 8.37. The Morgan fingerprint density at radius 2 is 1.93 bits per heavy atom. The van der Waals surface area contributed by atoms with Crippen LogP contribution in [0.25, 0.3) is 22.4 Å². The van der Waals surface area contributed by atoms with Gasteiger partial charge in [0, 0.05) is 37.4 Å². The number of piperazine rings is 1. The Morgan fingerprint density at radius 1 is 1.07 bits per heavy atom. The number of anilines is 1. The third-order valence-electron chi connectivity index (χ3n) is 6.04. The van der Waals surface area contributed by atoms with E-state index >= 15 is 0 Å². The zero-order valence-corrected chi connectivity index (χ0v) is 16.7. The lowest BCUT2D eigenvalue weighted by Crippen LogP contribution is -2.43. The number of aromatic nitrogens is 4. The van der Waals surface area contributed by atoms with E-state index in [1.54, 1.807) is 6.20 Å². The van der Waals surface area contributed by atoms with Crippen LogP contribution in [0.3, 0.4) is 0 Å². The minimum atomic E-state index is 0.625. The molecule has 5 rings (SSSR count). The number of H-pyrrole nitrogens is 1. The van der Waals surface area contributed by atoms with Crippen molar-refractivity contribution in [2.75, 3.05) is 37.7 Å². The summed E-state index contributed by atoms with van der Waals surface area (Å²) in [6, 6.07) is 8.47. The van der Waals surface area contributed by atoms with Crippen LogP contribution in [0.1, 0.15) is 32.1 Å². The Kier molecular flexibility index (Phi) is 5.30. The summed E-state index contributed by atoms with van der Waals surface area (Å²) in [7, 11) is 0. The molecule has 2 aliphatic rings. The van der Waals surface area contributed by atoms with Gasteiger partial charge in [0.15, 0.2) is 11.5 Å². The van der Waals surface area contributed by atoms with Crippen molar-refractivity contribution in [1.29, 1.82) is 0 Å². The fraction of sp³-hybridized carbons (Fsp3) is 0.500. The molecule has 152 valence electrons. The lowest BCUT2D eigenvalue weighted by molar-refractivity contribution is 0.205. The number of ether oxygens (including phenoxy) is 1. The van der Waals surface area contributed by atoms with E-state index in [4.69, 9.17) is 14.7 Å². The first-order valence-corrected chi connectivity index (χ1v) is 10.8. The maximum Gasteiger partial charge on any atom is 0.228 e. The van der Waals surface area contributed by atoms with E-state index in [9.17, 15) is 0 Å². The standard InChI is InChI=1S/C22H28N6O/c1-2-5-16(6-3-1)15-29-22-19-14-24-27-21(19)25-20(26-22)17-7-4-8-18(13-17)28-11-9-23-10-12-28/h4,7-8,13-14,16,23H,1-3,5-6,9-12,15H2,(H,24,25,26,27). The summed E-state index contributed by atoms with van der Waals surface area (Å²) >= 11 is 0. The van der Waals surface area contributed by atoms with Crippen LogP contribution in [0.5, 0.6) is 5.88 Å². The average Bonchev–Trinajstić information content (AvgIpc) is 3.28. The summed E-state index contributed by atoms with van der Waals surface area (Å²) in [5.41, 5.74) is 2.93. The zero-order chi connectivity index (χ0) is 19.5. The summed E-state index contributed by atoms with van der Waals surface area (Å²) in [4.78, 5) is 11.9. The summed E-state index contributed by atoms with van der Waals surface area (Å²) in [6.07, 6.45) is 8.22. The molecule has 0 spiro atoms. The molecule has 0 amide bonds. The van der Waals surface area contributed by atoms with Crippen LogP contribution in [0.15, 0.2) is 30.5 Å². The van der Waals surface area contributed by atoms with E-state index in [-0.39, 0.29) is 0 Å². The molecule has 2 fully saturated rings. The molecule has 1 saturated heterocycles. The van der Waals surface area contributed by atoms with Crippen LogP contribution in [-0.4, -0.2) is 53.0 Å². The molecular formula is C22H28N6O. The van der Waals surface area contributed by atoms with E-state index in [2.05, 4.69) is 44.7 Å². The fourth-order valence-electron chi connectivity index (χ4n) is 4.36. The van der Waals surface area contributed by atoms with Gasteiger partial charge in [-0.2, -0.15) is 10.1 Å². The molecule has 2 aromatic heterocycles. The van der Waals surface area contributed by atoms with Crippen LogP contribution < -0.4 is 15.0 Å². The lowest BCUT2D eigenvalue weighted by atomic mass is 9.90. The van der Waals surface area contributed by atoms with Gasteiger partial charge in [-0.25, -0.2) is 4.98 Å². The Morgan fingerprint density at radius 3 is 2.79 bits per heavy atom. The first-order chi connectivity index (χ1) is 14.4. The van der Waals surface area contributed by atoms with E-state index in [1.807, 2.05) is 0 Å². The molecule has 3 heterocycles. The van der Waals surface area contributed by atoms with Gasteiger partial charge in [-0.1, -0.05) is 31.4 Å². The molecule has 29 heavy (non-hydrogen) atoms. The van der Waals surface area contributed by atoms with Crippen molar-refractivity contribution in [3.8, 4) is 17.3 Å². The van der Waals surface area contributed by atoms with Crippen LogP contribution >= 0.6 is 0 Å². The topological polar surface area (TPSA) is 79.0 Å². The number of aromatic amines is 1. The SMILES string of the molecule is c1cc(-c2nc(OCC3CCCCC3)c3cn[nH]c3n2)cc(N2CCNCC2)c1. The number of benzene rings is 1. The third-order valence-corrected chi connectivity index (χ3v) is 6.04. The molecule has 0 radical (unpaired) electrons. The van der Waals surface area contributed by atoms with Crippen molar-refractivity contribution in [2.24, 2.45) is 5.92 Å². The monoisotopic (exact) mass is 392 g/mol. The Labute approximate surface area is 170 Å². The number of hydrogen-bond donors (Lipinski definition) is 2. The van der Waals surface area contributed by atoms with E-state index in [0.717, 1.165) is 49.4 Å². The van der Waals surface area contributed by atoms with Crippen LogP contribution in [0, 0.1) is 5.92 Å². The highest BCUT2D eigenvalue weighted by Gasteiger charge is 2.18. The van der Waals surface area contributed by atoms with Crippen molar-refractivity contribution >= 4 is 16.7 Å². The second-order valence-corrected chi connectivity index (χ2v) is 8.09. The molecule has 3 aromatic rings. The molecule has 1 aromatic carbocycles. The first kappa shape index (κ1) is 18.4. The molecule has 1 aliphatic heterocycles. The van der Waals surface area contributed by atoms with Gasteiger partial charge in [0.25, 0.3) is 0 Å². The predicted molar refractivity (Wildman–Crippen MR) is 114 cm³/mol. The lowest BCUT2D eigenvalue weighted by Gasteiger charge is -2.29. The van der Waals surface area contributed by atoms with Gasteiger partial charge < -0.3 is 15.0 Å². The highest BCUT2D eigenvalue weighted by molar-refractivity contribution is 5.81. The van der Waals surface area contributed by atoms with Gasteiger partial charge in [-0.05, 0) is 30.9 Å². The smallest absolute Gasteiger partial charge is 0.228 e. The number of nitrogens with zero attached hydrogens (tertiary/aromatic N) is 4. The molecule has 0 unspecified atom stereocenters. The largest absolute Gasteiger partial charge is 0.477 e. The van der Waals surface area contributed by atoms with Crippen LogP contribution in [0.4, 0.5) is 5.69 Å². The minimum Gasteiger partial charge on any atom is -0.477 e. The highest BCUT2D eigenvalue weighted by Crippen LogP contribution is 2.29. The van der Waals surface area contributed by atoms with Gasteiger partial charge in [-0.15, -0.1) is 0 Å². The Balaban J connectivity index is 1.42. The van der Waals surface area contributed by atoms with Gasteiger partial charge in [0.05, 0.1) is 12.8 Å². The first-order valence-electron chi connectivity index (χ1n) is 10.8. The van der Waals surface area contributed by atoms with Gasteiger partial charge >= 0.3 is 0 Å². The fourth-order valence-corrected chi connectivity index (χ4v) is 4.36. The van der Waals surface area contributed by atoms with Crippen molar-refractivity contribution in [3.63, 3.8) is 0 Å². The molecule has 7 heteroatoms. The molecule has 7 nitrogen and oxygen atoms in total. The summed E-state index contributed by atoms with van der Waals surface area (Å²) in [5, 5.41) is 11.4. The predicted octanol–water partition coefficient (Wildman–Crippen LogP) is 3.39. The van der Waals surface area contributed by atoms with Crippen molar-refractivity contribution in [3.05, 3.63) is 30.5 Å². The third kappa shape index (κ3) is 4.05. The van der Waals surface area contributed by atoms with Crippen molar-refractivity contribution in [1.82, 2.24) is 25.5 Å². The molecule has 0 atom stereocenters. The number of fused-ring (bicyclic) bond motifs is 1. The average molecular weight is 393 g/mol. The number of nitrogens with one attached hydrogen (secondary N) is 2. The summed E-state index contributed by atoms with van der Waals surface area (Å²) in [5.74, 6) is 1.94. The summed E-state index contributed by atoms with van der Waals surface area (Å²) < 4.78 is 6.20. The van der Waals surface area contributed by atoms with Gasteiger partial charge in [0.2, 0.25) is 5.88 Å². The molecule has 1 saturated carbocycles. The maximum absolute atomic E-state index is 6.20. The Bertz CT molecular complexity index is 959. The maximum atomic E-state index is 6.20. The van der Waals surface area contributed by atoms with Crippen molar-refractivity contribution < 1.29 is 4.74 Å². The van der Waals surface area contributed by atoms with Gasteiger partial charge in [0.1, 0.15) is 5.39 Å². The van der Waals surface area contributed by atoms with Gasteiger partial charge in [-0.3, -0.25) is 5.10 Å². The Hall–Kier alpha value is -2.67. The number of hydrogen-bond acceptors (Lipinski definition) is 6. The summed E-state index contributed by atoms with van der Waals surface area (Å²) in [6.45, 7) is 4.77. The quantitative estimate of drug-likeness (QED) is 0.693.